The minimum Gasteiger partial charge on any atom is -0.489 e. The second-order valence-electron chi connectivity index (χ2n) is 16.4. The Morgan fingerprint density at radius 3 is 2.21 bits per heavy atom. The summed E-state index contributed by atoms with van der Waals surface area (Å²) >= 11 is 0. The highest BCUT2D eigenvalue weighted by molar-refractivity contribution is 5.97. The fourth-order valence-electron chi connectivity index (χ4n) is 7.43. The van der Waals surface area contributed by atoms with E-state index in [2.05, 4.69) is 38.5 Å². The predicted molar refractivity (Wildman–Crippen MR) is 239 cm³/mol. The van der Waals surface area contributed by atoms with Crippen molar-refractivity contribution in [2.24, 2.45) is 5.92 Å². The minimum atomic E-state index is -1.69. The number of alkyl carbamates (subject to hydrolysis) is 1. The first-order valence-electron chi connectivity index (χ1n) is 22.0. The monoisotopic (exact) mass is 937 g/mol. The van der Waals surface area contributed by atoms with E-state index in [1.807, 2.05) is 30.3 Å². The molecule has 2 aliphatic heterocycles. The third kappa shape index (κ3) is 15.2. The first kappa shape index (κ1) is 53.0. The number of methoxy groups -OCH3 is 2. The number of rotatable bonds is 13. The molecule has 0 radical (unpaired) electrons. The van der Waals surface area contributed by atoms with E-state index in [-0.39, 0.29) is 26.2 Å². The van der Waals surface area contributed by atoms with Crippen molar-refractivity contribution >= 4 is 47.5 Å². The zero-order chi connectivity index (χ0) is 49.2. The standard InChI is InChI=1S/C46H63N7O14/c1-8-22-65-46(62)52-36-38(26(2)3)67-45(61)33-16-12-13-21-53(33)44(60)37(39(64-7)30-17-19-31(20-18-30)66-24-29-14-10-9-11-15-29)51-42(58)35(28(5)54)50-40(56)27(4)48-34(55)23-47-41(57)32(25-63-6)49-43(36)59/h8-11,14-15,17-20,26-28,32-33,35-39,54H,1,12-13,16,21-25H2,2-7H3,(H,47,57)(H,48,55)(H,49,59)(H,50,56)(H,51,58)(H,52,62)/t27-,28+,32?,33-,35?,36+,37+,38+,39+/m0/s1. The maximum atomic E-state index is 15.1. The molecule has 2 saturated heterocycles. The molecule has 67 heavy (non-hydrogen) atoms. The summed E-state index contributed by atoms with van der Waals surface area (Å²) in [7, 11) is 2.57. The Kier molecular flexibility index (Phi) is 20.5. The second-order valence-corrected chi connectivity index (χ2v) is 16.4. The fraction of sp³-hybridized carbons (Fsp3) is 0.522. The van der Waals surface area contributed by atoms with Gasteiger partial charge in [0.05, 0.1) is 19.3 Å². The first-order chi connectivity index (χ1) is 32.0. The molecule has 0 bridgehead atoms. The van der Waals surface area contributed by atoms with Crippen LogP contribution in [0.5, 0.6) is 5.75 Å². The van der Waals surface area contributed by atoms with Crippen molar-refractivity contribution < 1.29 is 67.1 Å². The van der Waals surface area contributed by atoms with Gasteiger partial charge in [0.1, 0.15) is 67.4 Å². The van der Waals surface area contributed by atoms with Crippen molar-refractivity contribution in [3.05, 3.63) is 78.4 Å². The number of aliphatic hydroxyl groups excluding tert-OH is 1. The Morgan fingerprint density at radius 1 is 0.896 bits per heavy atom. The SMILES string of the molecule is C=CCOC(=O)N[C@H]1C(=O)NC(COC)C(=O)NCC(=O)N[C@@H](C)C(=O)NC([C@@H](C)O)C(=O)N[C@H]([C@H](OC)c2ccc(OCc3ccccc3)cc2)C(=O)N2CCCC[C@H]2C(=O)O[C@@H]1C(C)C. The summed E-state index contributed by atoms with van der Waals surface area (Å²) < 4.78 is 28.2. The van der Waals surface area contributed by atoms with Crippen LogP contribution in [0.1, 0.15) is 64.2 Å². The number of fused-ring (bicyclic) bond motifs is 1. The number of hydrogen-bond acceptors (Lipinski definition) is 14. The molecule has 4 rings (SSSR count). The summed E-state index contributed by atoms with van der Waals surface area (Å²) in [4.78, 5) is 112. The summed E-state index contributed by atoms with van der Waals surface area (Å²) in [5.41, 5.74) is 1.33. The zero-order valence-corrected chi connectivity index (χ0v) is 38.6. The maximum absolute atomic E-state index is 15.1. The van der Waals surface area contributed by atoms with Crippen LogP contribution in [0.2, 0.25) is 0 Å². The van der Waals surface area contributed by atoms with Crippen LogP contribution >= 0.6 is 0 Å². The number of amides is 7. The molecule has 7 amide bonds. The normalized spacial score (nSPS) is 24.9. The molecule has 2 aromatic carbocycles. The number of carbonyl (C=O) groups excluding carboxylic acids is 8. The van der Waals surface area contributed by atoms with Crippen LogP contribution in [0.3, 0.4) is 0 Å². The van der Waals surface area contributed by atoms with Crippen molar-refractivity contribution in [1.29, 1.82) is 0 Å². The van der Waals surface area contributed by atoms with Gasteiger partial charge in [0, 0.05) is 20.8 Å². The second kappa shape index (κ2) is 25.9. The van der Waals surface area contributed by atoms with Gasteiger partial charge in [-0.3, -0.25) is 28.8 Å². The molecule has 7 N–H and O–H groups in total. The number of benzene rings is 2. The molecule has 0 saturated carbocycles. The highest BCUT2D eigenvalue weighted by atomic mass is 16.6. The summed E-state index contributed by atoms with van der Waals surface area (Å²) in [5, 5.41) is 25.6. The number of cyclic esters (lactones) is 1. The molecular formula is C46H63N7O14. The van der Waals surface area contributed by atoms with Gasteiger partial charge in [-0.15, -0.1) is 0 Å². The van der Waals surface area contributed by atoms with Crippen LogP contribution in [0, 0.1) is 5.92 Å². The highest BCUT2D eigenvalue weighted by Crippen LogP contribution is 2.29. The van der Waals surface area contributed by atoms with Gasteiger partial charge in [-0.1, -0.05) is 69.0 Å². The molecule has 2 fully saturated rings. The van der Waals surface area contributed by atoms with Gasteiger partial charge in [-0.2, -0.15) is 0 Å². The Balaban J connectivity index is 1.80. The lowest BCUT2D eigenvalue weighted by molar-refractivity contribution is -0.167. The Labute approximate surface area is 389 Å². The fourth-order valence-corrected chi connectivity index (χ4v) is 7.43. The summed E-state index contributed by atoms with van der Waals surface area (Å²) in [5.74, 6) is -6.60. The van der Waals surface area contributed by atoms with E-state index in [4.69, 9.17) is 23.7 Å². The third-order valence-corrected chi connectivity index (χ3v) is 11.0. The third-order valence-electron chi connectivity index (χ3n) is 11.0. The van der Waals surface area contributed by atoms with Crippen LogP contribution in [-0.2, 0) is 59.1 Å². The van der Waals surface area contributed by atoms with Gasteiger partial charge in [0.15, 0.2) is 0 Å². The average Bonchev–Trinajstić information content (AvgIpc) is 3.31. The predicted octanol–water partition coefficient (Wildman–Crippen LogP) is 0.299. The molecule has 21 nitrogen and oxygen atoms in total. The Morgan fingerprint density at radius 2 is 1.58 bits per heavy atom. The Hall–Kier alpha value is -6.58. The van der Waals surface area contributed by atoms with Crippen LogP contribution in [-0.4, -0.2) is 146 Å². The lowest BCUT2D eigenvalue weighted by atomic mass is 9.95. The van der Waals surface area contributed by atoms with Gasteiger partial charge >= 0.3 is 12.1 Å². The van der Waals surface area contributed by atoms with E-state index in [0.717, 1.165) is 5.56 Å². The van der Waals surface area contributed by atoms with Gasteiger partial charge in [0.2, 0.25) is 35.4 Å². The topological polar surface area (TPSA) is 278 Å². The molecule has 9 atom stereocenters. The van der Waals surface area contributed by atoms with Crippen LogP contribution in [0.15, 0.2) is 67.3 Å². The largest absolute Gasteiger partial charge is 0.489 e. The molecule has 2 aliphatic rings. The van der Waals surface area contributed by atoms with Crippen molar-refractivity contribution in [2.75, 3.05) is 40.5 Å². The van der Waals surface area contributed by atoms with E-state index in [1.54, 1.807) is 38.1 Å². The molecular weight excluding hydrogens is 875 g/mol. The summed E-state index contributed by atoms with van der Waals surface area (Å²) in [6, 6.07) is 7.04. The summed E-state index contributed by atoms with van der Waals surface area (Å²) in [6.07, 6.45) is -2.99. The van der Waals surface area contributed by atoms with Crippen LogP contribution in [0.4, 0.5) is 4.79 Å². The zero-order valence-electron chi connectivity index (χ0n) is 38.6. The van der Waals surface area contributed by atoms with Gasteiger partial charge in [-0.05, 0) is 62.3 Å². The lowest BCUT2D eigenvalue weighted by Gasteiger charge is -2.39. The van der Waals surface area contributed by atoms with Crippen LogP contribution < -0.4 is 36.6 Å². The molecule has 2 unspecified atom stereocenters. The Bertz CT molecular complexity index is 2040. The number of carbonyl (C=O) groups is 8. The number of esters is 1. The molecule has 0 spiro atoms. The van der Waals surface area contributed by atoms with Crippen LogP contribution in [0.25, 0.3) is 0 Å². The lowest BCUT2D eigenvalue weighted by Crippen LogP contribution is -2.63. The van der Waals surface area contributed by atoms with E-state index in [0.29, 0.717) is 24.2 Å². The van der Waals surface area contributed by atoms with E-state index < -0.39 is 121 Å². The number of aliphatic hydroxyl groups is 1. The number of nitrogens with zero attached hydrogens (tertiary/aromatic N) is 1. The molecule has 366 valence electrons. The molecule has 2 heterocycles. The molecule has 21 heteroatoms. The number of hydrogen-bond donors (Lipinski definition) is 7. The van der Waals surface area contributed by atoms with Crippen molar-refractivity contribution in [3.8, 4) is 5.75 Å². The van der Waals surface area contributed by atoms with E-state index >= 15 is 4.79 Å². The van der Waals surface area contributed by atoms with Crippen molar-refractivity contribution in [1.82, 2.24) is 36.8 Å². The van der Waals surface area contributed by atoms with Crippen molar-refractivity contribution in [3.63, 3.8) is 0 Å². The molecule has 2 aromatic rings. The van der Waals surface area contributed by atoms with E-state index in [1.165, 1.54) is 39.0 Å². The maximum Gasteiger partial charge on any atom is 0.408 e. The van der Waals surface area contributed by atoms with E-state index in [9.17, 15) is 38.7 Å². The van der Waals surface area contributed by atoms with Crippen molar-refractivity contribution in [2.45, 2.75) is 108 Å². The number of nitrogens with one attached hydrogen (secondary N) is 6. The summed E-state index contributed by atoms with van der Waals surface area (Å²) in [6.45, 7) is 8.23. The number of piperidine rings is 1. The molecule has 0 aromatic heterocycles. The quantitative estimate of drug-likeness (QED) is 0.105. The minimum absolute atomic E-state index is 0.0116. The highest BCUT2D eigenvalue weighted by Gasteiger charge is 2.45. The number of ether oxygens (including phenoxy) is 5. The first-order valence-corrected chi connectivity index (χ1v) is 22.0. The average molecular weight is 938 g/mol. The smallest absolute Gasteiger partial charge is 0.408 e. The molecule has 0 aliphatic carbocycles. The van der Waals surface area contributed by atoms with Gasteiger partial charge in [0.25, 0.3) is 0 Å². The van der Waals surface area contributed by atoms with Gasteiger partial charge < -0.3 is 65.6 Å². The van der Waals surface area contributed by atoms with Gasteiger partial charge in [-0.25, -0.2) is 9.59 Å².